The molecule has 0 aliphatic heterocycles. The summed E-state index contributed by atoms with van der Waals surface area (Å²) in [7, 11) is -10.7. The Morgan fingerprint density at radius 2 is 0.519 bits per heavy atom. The third-order valence-corrected chi connectivity index (χ3v) is 9.05. The Morgan fingerprint density at radius 3 is 0.728 bits per heavy atom. The van der Waals surface area contributed by atoms with Crippen molar-refractivity contribution in [1.82, 2.24) is 59.8 Å². The summed E-state index contributed by atoms with van der Waals surface area (Å²) in [4.78, 5) is 91.6. The molecule has 2 N–H and O–H groups in total. The minimum Gasteiger partial charge on any atom is -0.545 e. The molecule has 0 saturated carbocycles. The van der Waals surface area contributed by atoms with Gasteiger partial charge in [0.15, 0.2) is 11.6 Å². The van der Waals surface area contributed by atoms with Crippen LogP contribution in [-0.2, 0) is 39.0 Å². The molecule has 0 saturated heterocycles. The second-order valence-corrected chi connectivity index (χ2v) is 16.8. The van der Waals surface area contributed by atoms with E-state index >= 15 is 0 Å². The number of carbonyl (C=O) groups is 4. The zero-order valence-corrected chi connectivity index (χ0v) is 45.1. The number of aromatic carboxylic acids is 4. The summed E-state index contributed by atoms with van der Waals surface area (Å²) in [5.74, 6) is -3.72. The van der Waals surface area contributed by atoms with Crippen LogP contribution in [0.15, 0.2) is 208 Å². The van der Waals surface area contributed by atoms with Crippen LogP contribution < -0.4 is 10.2 Å². The van der Waals surface area contributed by atoms with Gasteiger partial charge in [0.2, 0.25) is 0 Å². The van der Waals surface area contributed by atoms with Crippen molar-refractivity contribution in [2.45, 2.75) is 0 Å². The molecule has 0 atom stereocenters. The number of rotatable bonds is 9. The smallest absolute Gasteiger partial charge is 0.335 e. The van der Waals surface area contributed by atoms with E-state index in [9.17, 15) is 54.6 Å². The van der Waals surface area contributed by atoms with Crippen molar-refractivity contribution >= 4 is 31.7 Å². The van der Waals surface area contributed by atoms with Crippen molar-refractivity contribution in [3.8, 4) is 57.2 Å². The topological polar surface area (TPSA) is 310 Å². The Hall–Kier alpha value is -9.50. The Labute approximate surface area is 480 Å². The number of pyridine rings is 8. The molecule has 0 unspecified atom stereocenters. The first-order valence-electron chi connectivity index (χ1n) is 22.0. The zero-order valence-electron chi connectivity index (χ0n) is 40.8. The van der Waals surface area contributed by atoms with Crippen molar-refractivity contribution in [1.29, 1.82) is 0 Å². The molecule has 0 aliphatic rings. The van der Waals surface area contributed by atoms with Gasteiger partial charge in [-0.1, -0.05) is 24.3 Å². The fourth-order valence-electron chi connectivity index (χ4n) is 5.69. The summed E-state index contributed by atoms with van der Waals surface area (Å²) < 4.78 is 59.2. The summed E-state index contributed by atoms with van der Waals surface area (Å²) in [6, 6.07) is 37.2. The van der Waals surface area contributed by atoms with E-state index in [0.717, 1.165) is 22.8 Å². The van der Waals surface area contributed by atoms with Gasteiger partial charge in [0.05, 0.1) is 68.6 Å². The van der Waals surface area contributed by atoms with E-state index < -0.39 is 31.7 Å². The van der Waals surface area contributed by atoms with Gasteiger partial charge in [0.1, 0.15) is 0 Å². The summed E-state index contributed by atoms with van der Waals surface area (Å²) in [6.45, 7) is 0. The Kier molecular flexibility index (Phi) is 24.8. The first-order valence-corrected chi connectivity index (χ1v) is 24.0. The van der Waals surface area contributed by atoms with E-state index in [0.29, 0.717) is 11.6 Å². The summed E-state index contributed by atoms with van der Waals surface area (Å²) in [5, 5.41) is 39.1. The predicted molar refractivity (Wildman–Crippen MR) is 269 cm³/mol. The minimum atomic E-state index is -10.7. The standard InChI is InChI=1S/2C12H8N2O4.2C10H8N2.C8H6N4.F6P.2Ru/c2*15-11(16)7-1-3-13-9(5-7)10-6-8(12(17)18)2-4-14-10;2*1-3-7-11-9(5-1)10-6-2-4-8-12-10;1-3-9-7(10-4-1)8-11-5-2-6-12-8;1-7(2,3,4,5)6;;/h2*1-6H,(H,15,16)(H,17,18);2*1-8H;1-6H;;;/q;;;;;-1;;/p-2. The van der Waals surface area contributed by atoms with Crippen molar-refractivity contribution < 1.29 is 104 Å². The Balaban J connectivity index is 0.000000259. The van der Waals surface area contributed by atoms with Gasteiger partial charge in [-0.3, -0.25) is 39.9 Å². The van der Waals surface area contributed by atoms with Gasteiger partial charge >= 0.3 is 44.9 Å². The van der Waals surface area contributed by atoms with Crippen LogP contribution in [0.1, 0.15) is 41.4 Å². The Bertz CT molecular complexity index is 3080. The van der Waals surface area contributed by atoms with Crippen molar-refractivity contribution in [2.24, 2.45) is 0 Å². The minimum absolute atomic E-state index is 0. The Morgan fingerprint density at radius 1 is 0.309 bits per heavy atom. The second-order valence-electron chi connectivity index (χ2n) is 14.9. The number of carboxylic acids is 4. The fourth-order valence-corrected chi connectivity index (χ4v) is 5.69. The maximum atomic E-state index is 10.8. The van der Waals surface area contributed by atoms with Crippen LogP contribution in [0.3, 0.4) is 0 Å². The number of aromatic nitrogens is 12. The molecule has 0 aliphatic carbocycles. The largest absolute Gasteiger partial charge is 0.545 e. The van der Waals surface area contributed by atoms with Gasteiger partial charge in [-0.2, -0.15) is 0 Å². The van der Waals surface area contributed by atoms with Crippen LogP contribution in [-0.4, -0.2) is 93.9 Å². The van der Waals surface area contributed by atoms with Crippen molar-refractivity contribution in [3.63, 3.8) is 0 Å². The molecular weight excluding hydrogens is 1270 g/mol. The molecule has 29 heteroatoms. The van der Waals surface area contributed by atoms with Gasteiger partial charge in [-0.25, -0.2) is 29.5 Å². The summed E-state index contributed by atoms with van der Waals surface area (Å²) in [5.41, 5.74) is 4.83. The van der Waals surface area contributed by atoms with Crippen molar-refractivity contribution in [3.05, 3.63) is 230 Å². The molecular formula is C52H36F6N12O8PRu2-3. The van der Waals surface area contributed by atoms with Crippen LogP contribution in [0.25, 0.3) is 57.2 Å². The van der Waals surface area contributed by atoms with Gasteiger partial charge in [0, 0.05) is 124 Å². The van der Waals surface area contributed by atoms with E-state index in [4.69, 9.17) is 10.2 Å². The number of nitrogens with zero attached hydrogens (tertiary/aromatic N) is 12. The monoisotopic (exact) mass is 1310 g/mol. The van der Waals surface area contributed by atoms with Crippen LogP contribution >= 0.6 is 7.81 Å². The van der Waals surface area contributed by atoms with Crippen LogP contribution in [0, 0.1) is 0 Å². The normalized spacial score (nSPS) is 10.7. The van der Waals surface area contributed by atoms with Gasteiger partial charge in [0.25, 0.3) is 0 Å². The molecule has 10 aromatic rings. The van der Waals surface area contributed by atoms with Gasteiger partial charge in [-0.05, 0) is 109 Å². The fraction of sp³-hybridized carbons (Fsp3) is 0. The number of halogens is 6. The number of hydrogen-bond acceptors (Lipinski definition) is 18. The molecule has 10 rings (SSSR count). The maximum Gasteiger partial charge on any atom is 0.335 e. The maximum absolute atomic E-state index is 10.8. The quantitative estimate of drug-likeness (QED) is 0.0773. The molecule has 20 nitrogen and oxygen atoms in total. The van der Waals surface area contributed by atoms with E-state index in [1.807, 2.05) is 72.8 Å². The van der Waals surface area contributed by atoms with Gasteiger partial charge in [-0.15, -0.1) is 0 Å². The SMILES string of the molecule is F[P-](F)(F)(F)(F)F.O=C([O-])c1ccnc(-c2cc(C(=O)O)ccn2)c1.O=C([O-])c1ccnc(-c2cc(C(=O)O)ccn2)c1.[Ru].[Ru].c1ccc(-c2ccccn2)nc1.c1ccc(-c2ccccn2)nc1.c1cnc(-c2ncccn2)nc1. The second kappa shape index (κ2) is 30.6. The zero-order chi connectivity index (χ0) is 57.3. The molecule has 81 heavy (non-hydrogen) atoms. The average Bonchev–Trinajstić information content (AvgIpc) is 3.50. The third kappa shape index (κ3) is 25.2. The third-order valence-electron chi connectivity index (χ3n) is 9.05. The van der Waals surface area contributed by atoms with E-state index in [1.165, 1.54) is 73.3 Å². The number of carboxylic acid groups (broad SMARTS) is 4. The molecule has 0 aromatic carbocycles. The molecule has 0 spiro atoms. The van der Waals surface area contributed by atoms with Crippen LogP contribution in [0.5, 0.6) is 0 Å². The van der Waals surface area contributed by atoms with Crippen LogP contribution in [0.4, 0.5) is 25.2 Å². The molecule has 0 radical (unpaired) electrons. The molecule has 0 bridgehead atoms. The average molecular weight is 1300 g/mol. The van der Waals surface area contributed by atoms with E-state index in [2.05, 4.69) is 59.8 Å². The number of carbonyl (C=O) groups excluding carboxylic acids is 2. The van der Waals surface area contributed by atoms with Crippen LogP contribution in [0.2, 0.25) is 0 Å². The van der Waals surface area contributed by atoms with E-state index in [-0.39, 0.29) is 84.0 Å². The predicted octanol–water partition coefficient (Wildman–Crippen LogP) is 9.01. The molecule has 10 aromatic heterocycles. The van der Waals surface area contributed by atoms with Gasteiger partial charge < -0.3 is 30.0 Å². The molecule has 418 valence electrons. The first kappa shape index (κ1) is 65.8. The van der Waals surface area contributed by atoms with Crippen molar-refractivity contribution in [2.75, 3.05) is 0 Å². The first-order chi connectivity index (χ1) is 37.5. The van der Waals surface area contributed by atoms with E-state index in [1.54, 1.807) is 61.7 Å². The number of hydrogen-bond donors (Lipinski definition) is 2. The molecule has 0 fully saturated rings. The summed E-state index contributed by atoms with van der Waals surface area (Å²) in [6.07, 6.45) is 19.0. The molecule has 0 amide bonds. The molecule has 10 heterocycles. The summed E-state index contributed by atoms with van der Waals surface area (Å²) >= 11 is 0.